The summed E-state index contributed by atoms with van der Waals surface area (Å²) >= 11 is 10.2. The molecule has 100 valence electrons. The fourth-order valence-corrected chi connectivity index (χ4v) is 2.12. The summed E-state index contributed by atoms with van der Waals surface area (Å²) in [4.78, 5) is 12.7. The maximum absolute atomic E-state index is 12.1. The molecule has 20 heavy (non-hydrogen) atoms. The Morgan fingerprint density at radius 3 is 2.85 bits per heavy atom. The Balaban J connectivity index is 2.09. The van der Waals surface area contributed by atoms with Crippen molar-refractivity contribution >= 4 is 30.1 Å². The molecule has 2 rings (SSSR count). The van der Waals surface area contributed by atoms with Gasteiger partial charge in [-0.2, -0.15) is 5.26 Å². The number of nitrogens with one attached hydrogen (secondary N) is 1. The van der Waals surface area contributed by atoms with E-state index in [-0.39, 0.29) is 5.91 Å². The minimum atomic E-state index is -0.270. The van der Waals surface area contributed by atoms with Crippen LogP contribution in [0.2, 0.25) is 5.02 Å². The van der Waals surface area contributed by atoms with E-state index in [4.69, 9.17) is 16.9 Å². The van der Waals surface area contributed by atoms with Crippen LogP contribution in [0.5, 0.6) is 0 Å². The highest BCUT2D eigenvalue weighted by molar-refractivity contribution is 7.80. The van der Waals surface area contributed by atoms with Gasteiger partial charge in [-0.1, -0.05) is 23.7 Å². The fraction of sp³-hybridized carbons (Fsp3) is 0.0667. The molecule has 0 heterocycles. The number of hydrogen-bond acceptors (Lipinski definition) is 3. The molecule has 0 fully saturated rings. The number of halogens is 1. The van der Waals surface area contributed by atoms with Crippen LogP contribution >= 0.6 is 24.2 Å². The lowest BCUT2D eigenvalue weighted by Crippen LogP contribution is -2.23. The first-order valence-electron chi connectivity index (χ1n) is 5.86. The standard InChI is InChI=1S/C15H11ClN2OS/c16-14-5-4-12(20)7-13(14)15(19)18-9-11-3-1-2-10(6-11)8-17/h1-7,20H,9H2,(H,18,19). The summed E-state index contributed by atoms with van der Waals surface area (Å²) in [6.45, 7) is 0.335. The second-order valence-electron chi connectivity index (χ2n) is 4.16. The quantitative estimate of drug-likeness (QED) is 0.854. The van der Waals surface area contributed by atoms with Crippen LogP contribution in [0.15, 0.2) is 47.4 Å². The smallest absolute Gasteiger partial charge is 0.253 e. The number of nitrogens with zero attached hydrogens (tertiary/aromatic N) is 1. The zero-order chi connectivity index (χ0) is 14.5. The van der Waals surface area contributed by atoms with Gasteiger partial charge in [-0.15, -0.1) is 12.6 Å². The van der Waals surface area contributed by atoms with Gasteiger partial charge in [0.05, 0.1) is 22.2 Å². The average molecular weight is 303 g/mol. The largest absolute Gasteiger partial charge is 0.348 e. The molecule has 0 aliphatic heterocycles. The third-order valence-corrected chi connectivity index (χ3v) is 3.31. The van der Waals surface area contributed by atoms with Gasteiger partial charge in [0, 0.05) is 11.4 Å². The Kier molecular flexibility index (Phi) is 4.67. The highest BCUT2D eigenvalue weighted by Crippen LogP contribution is 2.19. The van der Waals surface area contributed by atoms with Crippen LogP contribution in [0.4, 0.5) is 0 Å². The molecule has 0 unspecified atom stereocenters. The molecule has 0 saturated heterocycles. The fourth-order valence-electron chi connectivity index (χ4n) is 1.72. The van der Waals surface area contributed by atoms with E-state index in [1.165, 1.54) is 0 Å². The molecule has 2 aromatic rings. The van der Waals surface area contributed by atoms with Crippen LogP contribution < -0.4 is 5.32 Å². The molecule has 0 bridgehead atoms. The average Bonchev–Trinajstić information content (AvgIpc) is 2.47. The molecule has 0 aliphatic rings. The monoisotopic (exact) mass is 302 g/mol. The van der Waals surface area contributed by atoms with E-state index in [1.807, 2.05) is 6.07 Å². The maximum Gasteiger partial charge on any atom is 0.253 e. The topological polar surface area (TPSA) is 52.9 Å². The summed E-state index contributed by atoms with van der Waals surface area (Å²) in [5.74, 6) is -0.270. The van der Waals surface area contributed by atoms with Gasteiger partial charge in [-0.25, -0.2) is 0 Å². The molecular weight excluding hydrogens is 292 g/mol. The van der Waals surface area contributed by atoms with Gasteiger partial charge in [0.15, 0.2) is 0 Å². The van der Waals surface area contributed by atoms with Gasteiger partial charge in [-0.05, 0) is 35.9 Å². The van der Waals surface area contributed by atoms with Crippen molar-refractivity contribution in [3.05, 3.63) is 64.2 Å². The van der Waals surface area contributed by atoms with E-state index >= 15 is 0 Å². The Bertz CT molecular complexity index is 695. The van der Waals surface area contributed by atoms with Crippen molar-refractivity contribution in [2.45, 2.75) is 11.4 Å². The zero-order valence-corrected chi connectivity index (χ0v) is 12.1. The second kappa shape index (κ2) is 6.47. The number of amides is 1. The van der Waals surface area contributed by atoms with E-state index in [9.17, 15) is 4.79 Å². The van der Waals surface area contributed by atoms with Crippen LogP contribution in [0.25, 0.3) is 0 Å². The Morgan fingerprint density at radius 2 is 2.10 bits per heavy atom. The minimum Gasteiger partial charge on any atom is -0.348 e. The van der Waals surface area contributed by atoms with Crippen molar-refractivity contribution < 1.29 is 4.79 Å². The van der Waals surface area contributed by atoms with E-state index in [2.05, 4.69) is 24.0 Å². The Hall–Kier alpha value is -1.96. The molecule has 0 radical (unpaired) electrons. The molecule has 1 N–H and O–H groups in total. The number of benzene rings is 2. The highest BCUT2D eigenvalue weighted by atomic mass is 35.5. The van der Waals surface area contributed by atoms with Gasteiger partial charge in [0.1, 0.15) is 0 Å². The van der Waals surface area contributed by atoms with Crippen LogP contribution in [0.1, 0.15) is 21.5 Å². The summed E-state index contributed by atoms with van der Waals surface area (Å²) in [5, 5.41) is 12.0. The molecule has 0 spiro atoms. The molecule has 1 amide bonds. The molecule has 2 aromatic carbocycles. The first kappa shape index (κ1) is 14.4. The summed E-state index contributed by atoms with van der Waals surface area (Å²) < 4.78 is 0. The molecule has 0 atom stereocenters. The van der Waals surface area contributed by atoms with Gasteiger partial charge >= 0.3 is 0 Å². The maximum atomic E-state index is 12.1. The lowest BCUT2D eigenvalue weighted by molar-refractivity contribution is 0.0951. The predicted octanol–water partition coefficient (Wildman–Crippen LogP) is 3.43. The molecular formula is C15H11ClN2OS. The molecule has 0 aliphatic carbocycles. The third-order valence-electron chi connectivity index (χ3n) is 2.70. The first-order valence-corrected chi connectivity index (χ1v) is 6.68. The van der Waals surface area contributed by atoms with Gasteiger partial charge in [0.2, 0.25) is 0 Å². The predicted molar refractivity (Wildman–Crippen MR) is 81.0 cm³/mol. The minimum absolute atomic E-state index is 0.270. The number of hydrogen-bond donors (Lipinski definition) is 2. The van der Waals surface area contributed by atoms with Crippen LogP contribution in [0.3, 0.4) is 0 Å². The number of carbonyl (C=O) groups excluding carboxylic acids is 1. The van der Waals surface area contributed by atoms with E-state index in [1.54, 1.807) is 36.4 Å². The van der Waals surface area contributed by atoms with Crippen molar-refractivity contribution in [1.82, 2.24) is 5.32 Å². The zero-order valence-electron chi connectivity index (χ0n) is 10.4. The number of rotatable bonds is 3. The van der Waals surface area contributed by atoms with Crippen LogP contribution in [-0.2, 0) is 6.54 Å². The lowest BCUT2D eigenvalue weighted by Gasteiger charge is -2.07. The highest BCUT2D eigenvalue weighted by Gasteiger charge is 2.10. The summed E-state index contributed by atoms with van der Waals surface area (Å²) in [5.41, 5.74) is 1.80. The van der Waals surface area contributed by atoms with E-state index < -0.39 is 0 Å². The third kappa shape index (κ3) is 3.53. The van der Waals surface area contributed by atoms with Gasteiger partial charge < -0.3 is 5.32 Å². The Morgan fingerprint density at radius 1 is 1.30 bits per heavy atom. The van der Waals surface area contributed by atoms with Crippen LogP contribution in [-0.4, -0.2) is 5.91 Å². The Labute approximate surface area is 127 Å². The number of thiol groups is 1. The molecule has 0 aromatic heterocycles. The summed E-state index contributed by atoms with van der Waals surface area (Å²) in [6, 6.07) is 14.1. The number of nitriles is 1. The summed E-state index contributed by atoms with van der Waals surface area (Å²) in [6.07, 6.45) is 0. The molecule has 0 saturated carbocycles. The van der Waals surface area contributed by atoms with Crippen LogP contribution in [0, 0.1) is 11.3 Å². The van der Waals surface area contributed by atoms with Crippen molar-refractivity contribution in [2.24, 2.45) is 0 Å². The van der Waals surface area contributed by atoms with Crippen molar-refractivity contribution in [3.63, 3.8) is 0 Å². The molecule has 5 heteroatoms. The summed E-state index contributed by atoms with van der Waals surface area (Å²) in [7, 11) is 0. The second-order valence-corrected chi connectivity index (χ2v) is 5.08. The van der Waals surface area contributed by atoms with Crippen molar-refractivity contribution in [1.29, 1.82) is 5.26 Å². The van der Waals surface area contributed by atoms with Gasteiger partial charge in [-0.3, -0.25) is 4.79 Å². The first-order chi connectivity index (χ1) is 9.60. The normalized spacial score (nSPS) is 9.85. The number of carbonyl (C=O) groups is 1. The lowest BCUT2D eigenvalue weighted by atomic mass is 10.1. The van der Waals surface area contributed by atoms with E-state index in [0.717, 1.165) is 5.56 Å². The SMILES string of the molecule is N#Cc1cccc(CNC(=O)c2cc(S)ccc2Cl)c1. The molecule has 3 nitrogen and oxygen atoms in total. The van der Waals surface area contributed by atoms with Gasteiger partial charge in [0.25, 0.3) is 5.91 Å². The van der Waals surface area contributed by atoms with Crippen molar-refractivity contribution in [3.8, 4) is 6.07 Å². The van der Waals surface area contributed by atoms with Crippen molar-refractivity contribution in [2.75, 3.05) is 0 Å². The van der Waals surface area contributed by atoms with E-state index in [0.29, 0.717) is 27.6 Å².